The number of hydrogen-bond acceptors (Lipinski definition) is 10. The lowest BCUT2D eigenvalue weighted by Crippen LogP contribution is -2.54. The highest BCUT2D eigenvalue weighted by Crippen LogP contribution is 2.33. The van der Waals surface area contributed by atoms with Crippen LogP contribution in [0.4, 0.5) is 11.4 Å². The van der Waals surface area contributed by atoms with Crippen molar-refractivity contribution >= 4 is 57.2 Å². The van der Waals surface area contributed by atoms with Crippen LogP contribution in [-0.4, -0.2) is 97.5 Å². The van der Waals surface area contributed by atoms with Gasteiger partial charge in [0.1, 0.15) is 41.4 Å². The number of nitrogens with one attached hydrogen (secondary N) is 4. The van der Waals surface area contributed by atoms with E-state index in [1.54, 1.807) is 55.2 Å². The Balaban J connectivity index is 1.39. The number of piperidine rings is 2. The van der Waals surface area contributed by atoms with Gasteiger partial charge in [-0.2, -0.15) is 10.5 Å². The number of fused-ring (bicyclic) bond motifs is 2. The number of anilines is 2. The molecule has 4 aromatic heterocycles. The van der Waals surface area contributed by atoms with E-state index in [1.807, 2.05) is 22.8 Å². The van der Waals surface area contributed by atoms with Crippen molar-refractivity contribution in [1.29, 1.82) is 10.5 Å². The molecule has 0 radical (unpaired) electrons. The quantitative estimate of drug-likeness (QED) is 0.116. The second kappa shape index (κ2) is 15.4. The van der Waals surface area contributed by atoms with Gasteiger partial charge in [0, 0.05) is 55.9 Å². The van der Waals surface area contributed by atoms with Crippen molar-refractivity contribution in [2.24, 2.45) is 11.8 Å². The molecule has 4 aromatic rings. The van der Waals surface area contributed by atoms with Crippen LogP contribution >= 0.6 is 0 Å². The number of carboxylic acid groups (broad SMARTS) is 1. The number of aromatic carboxylic acids is 1. The molecule has 0 aromatic carbocycles. The van der Waals surface area contributed by atoms with Gasteiger partial charge in [-0.15, -0.1) is 0 Å². The molecular weight excluding hydrogens is 692 g/mol. The van der Waals surface area contributed by atoms with Gasteiger partial charge in [-0.1, -0.05) is 6.92 Å². The van der Waals surface area contributed by atoms with E-state index in [1.165, 1.54) is 6.20 Å². The average Bonchev–Trinajstić information content (AvgIpc) is 3.81. The molecule has 6 rings (SSSR count). The number of carbonyl (C=O) groups is 4. The van der Waals surface area contributed by atoms with Gasteiger partial charge in [0.15, 0.2) is 0 Å². The van der Waals surface area contributed by atoms with Gasteiger partial charge < -0.3 is 35.3 Å². The predicted octanol–water partition coefficient (Wildman–Crippen LogP) is 3.79. The molecule has 4 atom stereocenters. The molecule has 0 bridgehead atoms. The summed E-state index contributed by atoms with van der Waals surface area (Å²) < 4.78 is 7.88. The number of esters is 1. The zero-order valence-electron chi connectivity index (χ0n) is 30.8. The van der Waals surface area contributed by atoms with Crippen molar-refractivity contribution in [2.75, 3.05) is 36.8 Å². The number of aromatic amines is 2. The number of H-pyrrole nitrogens is 2. The monoisotopic (exact) mass is 737 g/mol. The van der Waals surface area contributed by atoms with Gasteiger partial charge in [-0.05, 0) is 51.7 Å². The summed E-state index contributed by atoms with van der Waals surface area (Å²) in [6.45, 7) is 9.37. The molecule has 282 valence electrons. The van der Waals surface area contributed by atoms with Crippen LogP contribution in [-0.2, 0) is 20.9 Å². The summed E-state index contributed by atoms with van der Waals surface area (Å²) >= 11 is 0. The minimum atomic E-state index is -1.16. The standard InChI is InChI=1S/C38H44N10O6/c1-22-9-15-46(30(49)5-11-39)20-28(22)44-33-25-8-14-42-35(25)48(19-27(33)37(53)54-38(2,3)4)18-23-10-16-47(31(50)6-12-40)21-29(23)45-32-24-7-13-41-34(24)43-17-26(32)36(51)52/h7-8,13-14,17,19,22-23,28-29H,5-6,9-10,15-16,18,20-21H2,1-4H3,(H4,41,42,43,44,45,51,52)/p+1/t22-,23+,28+,29+/m1/s1. The van der Waals surface area contributed by atoms with Crippen LogP contribution in [0.1, 0.15) is 74.1 Å². The fourth-order valence-corrected chi connectivity index (χ4v) is 7.42. The Kier molecular flexibility index (Phi) is 10.7. The Bertz CT molecular complexity index is 2170. The molecule has 16 heteroatoms. The number of carbonyl (C=O) groups excluding carboxylic acids is 3. The maximum atomic E-state index is 14.0. The van der Waals surface area contributed by atoms with E-state index in [4.69, 9.17) is 10.00 Å². The number of nitriles is 2. The molecule has 5 N–H and O–H groups in total. The van der Waals surface area contributed by atoms with Crippen LogP contribution < -0.4 is 15.2 Å². The van der Waals surface area contributed by atoms with Gasteiger partial charge in [-0.25, -0.2) is 24.1 Å². The summed E-state index contributed by atoms with van der Waals surface area (Å²) in [5.74, 6) is -2.26. The molecule has 2 aliphatic heterocycles. The van der Waals surface area contributed by atoms with Crippen molar-refractivity contribution in [3.63, 3.8) is 0 Å². The summed E-state index contributed by atoms with van der Waals surface area (Å²) in [4.78, 5) is 66.0. The number of amides is 2. The van der Waals surface area contributed by atoms with Crippen molar-refractivity contribution in [1.82, 2.24) is 24.8 Å². The minimum Gasteiger partial charge on any atom is -0.478 e. The summed E-state index contributed by atoms with van der Waals surface area (Å²) in [5, 5.41) is 36.9. The number of ether oxygens (including phenoxy) is 1. The van der Waals surface area contributed by atoms with Crippen LogP contribution in [0, 0.1) is 34.5 Å². The first-order valence-electron chi connectivity index (χ1n) is 18.1. The summed E-state index contributed by atoms with van der Waals surface area (Å²) in [5.41, 5.74) is 1.64. The van der Waals surface area contributed by atoms with E-state index < -0.39 is 23.6 Å². The van der Waals surface area contributed by atoms with Gasteiger partial charge in [0.2, 0.25) is 11.8 Å². The molecule has 16 nitrogen and oxygen atoms in total. The predicted molar refractivity (Wildman–Crippen MR) is 197 cm³/mol. The maximum Gasteiger partial charge on any atom is 0.344 e. The molecule has 0 aliphatic carbocycles. The first-order valence-corrected chi connectivity index (χ1v) is 18.1. The van der Waals surface area contributed by atoms with E-state index in [0.717, 1.165) is 17.5 Å². The third-order valence-electron chi connectivity index (χ3n) is 10.2. The normalized spacial score (nSPS) is 20.3. The smallest absolute Gasteiger partial charge is 0.344 e. The molecule has 0 spiro atoms. The van der Waals surface area contributed by atoms with E-state index in [-0.39, 0.29) is 54.6 Å². The molecule has 6 heterocycles. The topological polar surface area (TPSA) is 224 Å². The molecule has 2 saturated heterocycles. The first-order chi connectivity index (χ1) is 25.8. The van der Waals surface area contributed by atoms with E-state index >= 15 is 0 Å². The lowest BCUT2D eigenvalue weighted by atomic mass is 9.90. The average molecular weight is 738 g/mol. The number of likely N-dealkylation sites (tertiary alicyclic amines) is 2. The van der Waals surface area contributed by atoms with Gasteiger partial charge >= 0.3 is 11.9 Å². The van der Waals surface area contributed by atoms with Crippen molar-refractivity contribution in [2.45, 2.75) is 77.6 Å². The van der Waals surface area contributed by atoms with E-state index in [2.05, 4.69) is 32.5 Å². The first kappa shape index (κ1) is 37.6. The molecule has 2 fully saturated rings. The number of aromatic nitrogens is 4. The Hall–Kier alpha value is -6.16. The molecular formula is C38H45N10O6+. The molecule has 54 heavy (non-hydrogen) atoms. The second-order valence-electron chi connectivity index (χ2n) is 15.1. The van der Waals surface area contributed by atoms with Crippen LogP contribution in [0.2, 0.25) is 0 Å². The summed E-state index contributed by atoms with van der Waals surface area (Å²) in [6, 6.07) is 6.83. The van der Waals surface area contributed by atoms with Crippen molar-refractivity contribution < 1.29 is 33.6 Å². The lowest BCUT2D eigenvalue weighted by Gasteiger charge is -2.39. The third kappa shape index (κ3) is 7.93. The Morgan fingerprint density at radius 1 is 0.944 bits per heavy atom. The van der Waals surface area contributed by atoms with Crippen LogP contribution in [0.25, 0.3) is 22.1 Å². The molecule has 0 saturated carbocycles. The minimum absolute atomic E-state index is 0.0202. The molecule has 0 unspecified atom stereocenters. The fraction of sp³-hybridized carbons (Fsp3) is 0.474. The SMILES string of the molecule is C[C@@H]1CCN(C(=O)CC#N)C[C@@H]1Nc1c(C(=O)OC(C)(C)C)c[n+](C[C@@H]2CCN(C(=O)CC#N)C[C@@H]2Nc2c(C(=O)O)cnc3[nH]ccc23)c2[nH]ccc12. The van der Waals surface area contributed by atoms with Crippen LogP contribution in [0.3, 0.4) is 0 Å². The number of pyridine rings is 2. The third-order valence-corrected chi connectivity index (χ3v) is 10.2. The van der Waals surface area contributed by atoms with Crippen molar-refractivity contribution in [3.8, 4) is 12.1 Å². The second-order valence-corrected chi connectivity index (χ2v) is 15.1. The highest BCUT2D eigenvalue weighted by Gasteiger charge is 2.37. The molecule has 2 aliphatic rings. The number of rotatable bonds is 10. The Morgan fingerprint density at radius 3 is 2.22 bits per heavy atom. The van der Waals surface area contributed by atoms with E-state index in [9.17, 15) is 29.5 Å². The highest BCUT2D eigenvalue weighted by molar-refractivity contribution is 6.04. The fourth-order valence-electron chi connectivity index (χ4n) is 7.42. The van der Waals surface area contributed by atoms with Gasteiger partial charge in [-0.3, -0.25) is 9.59 Å². The Labute approximate surface area is 312 Å². The van der Waals surface area contributed by atoms with Gasteiger partial charge in [0.05, 0.1) is 47.7 Å². The molecule has 2 amide bonds. The summed E-state index contributed by atoms with van der Waals surface area (Å²) in [7, 11) is 0. The van der Waals surface area contributed by atoms with Crippen LogP contribution in [0.15, 0.2) is 36.9 Å². The van der Waals surface area contributed by atoms with Crippen molar-refractivity contribution in [3.05, 3.63) is 48.0 Å². The van der Waals surface area contributed by atoms with Gasteiger partial charge in [0.25, 0.3) is 5.65 Å². The number of carboxylic acids is 1. The number of nitrogens with zero attached hydrogens (tertiary/aromatic N) is 6. The highest BCUT2D eigenvalue weighted by atomic mass is 16.6. The zero-order chi connectivity index (χ0) is 38.7. The summed E-state index contributed by atoms with van der Waals surface area (Å²) in [6.07, 6.45) is 7.28. The maximum absolute atomic E-state index is 14.0. The van der Waals surface area contributed by atoms with E-state index in [0.29, 0.717) is 60.6 Å². The Morgan fingerprint density at radius 2 is 1.56 bits per heavy atom. The largest absolute Gasteiger partial charge is 0.478 e. The van der Waals surface area contributed by atoms with Crippen LogP contribution in [0.5, 0.6) is 0 Å². The zero-order valence-corrected chi connectivity index (χ0v) is 30.8. The number of hydrogen-bond donors (Lipinski definition) is 5. The lowest BCUT2D eigenvalue weighted by molar-refractivity contribution is -0.680.